The Morgan fingerprint density at radius 2 is 1.56 bits per heavy atom. The summed E-state index contributed by atoms with van der Waals surface area (Å²) in [6, 6.07) is 24.8. The maximum absolute atomic E-state index is 12.6. The fourth-order valence-corrected chi connectivity index (χ4v) is 4.21. The Morgan fingerprint density at radius 1 is 0.875 bits per heavy atom. The van der Waals surface area contributed by atoms with Gasteiger partial charge in [-0.15, -0.1) is 0 Å². The zero-order chi connectivity index (χ0) is 22.5. The molecule has 1 N–H and O–H groups in total. The fraction of sp³-hybridized carbons (Fsp3) is 0.321. The van der Waals surface area contributed by atoms with Gasteiger partial charge in [0.05, 0.1) is 6.04 Å². The number of piperazine rings is 1. The monoisotopic (exact) mass is 427 g/mol. The van der Waals surface area contributed by atoms with Crippen LogP contribution in [0.4, 0.5) is 5.69 Å². The van der Waals surface area contributed by atoms with Gasteiger partial charge in [0, 0.05) is 44.0 Å². The predicted molar refractivity (Wildman–Crippen MR) is 132 cm³/mol. The Hall–Kier alpha value is -3.11. The molecule has 4 rings (SSSR count). The largest absolute Gasteiger partial charge is 0.369 e. The summed E-state index contributed by atoms with van der Waals surface area (Å²) in [5, 5.41) is 3.09. The van der Waals surface area contributed by atoms with Crippen LogP contribution in [0.2, 0.25) is 0 Å². The van der Waals surface area contributed by atoms with Crippen molar-refractivity contribution in [1.82, 2.24) is 10.2 Å². The Morgan fingerprint density at radius 3 is 2.22 bits per heavy atom. The molecule has 1 saturated heterocycles. The summed E-state index contributed by atoms with van der Waals surface area (Å²) >= 11 is 0. The van der Waals surface area contributed by atoms with E-state index in [1.165, 1.54) is 22.4 Å². The lowest BCUT2D eigenvalue weighted by atomic mass is 10.1. The third-order valence-electron chi connectivity index (χ3n) is 6.50. The molecule has 166 valence electrons. The molecular weight excluding hydrogens is 394 g/mol. The van der Waals surface area contributed by atoms with E-state index < -0.39 is 0 Å². The number of amides is 1. The summed E-state index contributed by atoms with van der Waals surface area (Å²) in [5.41, 5.74) is 7.09. The molecule has 3 aromatic carbocycles. The van der Waals surface area contributed by atoms with E-state index in [4.69, 9.17) is 0 Å². The molecule has 0 aromatic heterocycles. The first-order chi connectivity index (χ1) is 15.5. The van der Waals surface area contributed by atoms with Crippen LogP contribution in [-0.4, -0.2) is 37.0 Å². The number of benzene rings is 3. The number of nitrogens with one attached hydrogen (secondary N) is 1. The van der Waals surface area contributed by atoms with Crippen LogP contribution in [0.15, 0.2) is 72.8 Å². The topological polar surface area (TPSA) is 35.6 Å². The Labute approximate surface area is 191 Å². The standard InChI is InChI=1S/C28H33N3O/c1-21-9-14-27(19-22(21)2)31-17-15-30(16-18-31)20-24-10-12-26(13-11-24)28(32)29-23(3)25-7-5-4-6-8-25/h4-14,19,23H,15-18,20H2,1-3H3,(H,29,32). The van der Waals surface area contributed by atoms with E-state index >= 15 is 0 Å². The first kappa shape index (κ1) is 22.1. The molecule has 32 heavy (non-hydrogen) atoms. The SMILES string of the molecule is Cc1ccc(N2CCN(Cc3ccc(C(=O)NC(C)c4ccccc4)cc3)CC2)cc1C. The maximum atomic E-state index is 12.6. The summed E-state index contributed by atoms with van der Waals surface area (Å²) in [7, 11) is 0. The van der Waals surface area contributed by atoms with Crippen molar-refractivity contribution >= 4 is 11.6 Å². The number of hydrogen-bond donors (Lipinski definition) is 1. The molecule has 3 aromatic rings. The van der Waals surface area contributed by atoms with Crippen molar-refractivity contribution in [3.05, 3.63) is 101 Å². The van der Waals surface area contributed by atoms with Crippen LogP contribution in [0.3, 0.4) is 0 Å². The van der Waals surface area contributed by atoms with Crippen molar-refractivity contribution in [2.24, 2.45) is 0 Å². The number of hydrogen-bond acceptors (Lipinski definition) is 3. The number of rotatable bonds is 6. The number of anilines is 1. The number of carbonyl (C=O) groups is 1. The van der Waals surface area contributed by atoms with Crippen molar-refractivity contribution in [3.8, 4) is 0 Å². The Balaban J connectivity index is 1.28. The van der Waals surface area contributed by atoms with E-state index in [1.54, 1.807) is 0 Å². The van der Waals surface area contributed by atoms with E-state index in [1.807, 2.05) is 49.4 Å². The molecule has 1 unspecified atom stereocenters. The second-order valence-corrected chi connectivity index (χ2v) is 8.83. The molecule has 0 aliphatic carbocycles. The summed E-state index contributed by atoms with van der Waals surface area (Å²) in [4.78, 5) is 17.6. The lowest BCUT2D eigenvalue weighted by Gasteiger charge is -2.36. The first-order valence-corrected chi connectivity index (χ1v) is 11.5. The number of nitrogens with zero attached hydrogens (tertiary/aromatic N) is 2. The summed E-state index contributed by atoms with van der Waals surface area (Å²) in [6.45, 7) is 11.5. The smallest absolute Gasteiger partial charge is 0.251 e. The summed E-state index contributed by atoms with van der Waals surface area (Å²) < 4.78 is 0. The van der Waals surface area contributed by atoms with Crippen LogP contribution in [0.1, 0.15) is 45.6 Å². The molecule has 1 atom stereocenters. The minimum Gasteiger partial charge on any atom is -0.369 e. The zero-order valence-corrected chi connectivity index (χ0v) is 19.3. The third-order valence-corrected chi connectivity index (χ3v) is 6.50. The summed E-state index contributed by atoms with van der Waals surface area (Å²) in [6.07, 6.45) is 0. The molecule has 1 amide bonds. The number of aryl methyl sites for hydroxylation is 2. The molecule has 1 aliphatic rings. The highest BCUT2D eigenvalue weighted by atomic mass is 16.1. The second kappa shape index (κ2) is 10.0. The van der Waals surface area contributed by atoms with Gasteiger partial charge in [0.25, 0.3) is 5.91 Å². The average molecular weight is 428 g/mol. The first-order valence-electron chi connectivity index (χ1n) is 11.5. The van der Waals surface area contributed by atoms with E-state index in [9.17, 15) is 4.79 Å². The Bertz CT molecular complexity index is 1040. The van der Waals surface area contributed by atoms with Gasteiger partial charge in [0.15, 0.2) is 0 Å². The van der Waals surface area contributed by atoms with Gasteiger partial charge in [-0.25, -0.2) is 0 Å². The molecule has 1 aliphatic heterocycles. The van der Waals surface area contributed by atoms with Crippen molar-refractivity contribution in [2.75, 3.05) is 31.1 Å². The van der Waals surface area contributed by atoms with E-state index in [-0.39, 0.29) is 11.9 Å². The molecule has 1 fully saturated rings. The van der Waals surface area contributed by atoms with Crippen molar-refractivity contribution in [3.63, 3.8) is 0 Å². The van der Waals surface area contributed by atoms with E-state index in [2.05, 4.69) is 59.3 Å². The normalized spacial score (nSPS) is 15.4. The average Bonchev–Trinajstić information content (AvgIpc) is 2.82. The lowest BCUT2D eigenvalue weighted by Crippen LogP contribution is -2.46. The second-order valence-electron chi connectivity index (χ2n) is 8.83. The molecular formula is C28H33N3O. The van der Waals surface area contributed by atoms with Crippen LogP contribution in [0, 0.1) is 13.8 Å². The van der Waals surface area contributed by atoms with Gasteiger partial charge in [-0.05, 0) is 67.3 Å². The van der Waals surface area contributed by atoms with Crippen molar-refractivity contribution in [2.45, 2.75) is 33.4 Å². The predicted octanol–water partition coefficient (Wildman–Crippen LogP) is 5.12. The minimum absolute atomic E-state index is 0.0167. The van der Waals surface area contributed by atoms with E-state index in [0.717, 1.165) is 38.3 Å². The highest BCUT2D eigenvalue weighted by Crippen LogP contribution is 2.21. The van der Waals surface area contributed by atoms with Gasteiger partial charge in [-0.2, -0.15) is 0 Å². The van der Waals surface area contributed by atoms with Gasteiger partial charge < -0.3 is 10.2 Å². The van der Waals surface area contributed by atoms with Crippen LogP contribution in [0.5, 0.6) is 0 Å². The minimum atomic E-state index is -0.0325. The van der Waals surface area contributed by atoms with Crippen LogP contribution < -0.4 is 10.2 Å². The van der Waals surface area contributed by atoms with Crippen LogP contribution >= 0.6 is 0 Å². The molecule has 0 bridgehead atoms. The van der Waals surface area contributed by atoms with Gasteiger partial charge in [0.1, 0.15) is 0 Å². The molecule has 0 radical (unpaired) electrons. The third kappa shape index (κ3) is 5.38. The zero-order valence-electron chi connectivity index (χ0n) is 19.3. The van der Waals surface area contributed by atoms with Crippen molar-refractivity contribution in [1.29, 1.82) is 0 Å². The molecule has 1 heterocycles. The number of carbonyl (C=O) groups excluding carboxylic acids is 1. The van der Waals surface area contributed by atoms with Gasteiger partial charge in [-0.1, -0.05) is 48.5 Å². The Kier molecular flexibility index (Phi) is 6.91. The van der Waals surface area contributed by atoms with Gasteiger partial charge in [-0.3, -0.25) is 9.69 Å². The van der Waals surface area contributed by atoms with Gasteiger partial charge in [0.2, 0.25) is 0 Å². The van der Waals surface area contributed by atoms with Crippen LogP contribution in [-0.2, 0) is 6.54 Å². The highest BCUT2D eigenvalue weighted by Gasteiger charge is 2.18. The van der Waals surface area contributed by atoms with Crippen LogP contribution in [0.25, 0.3) is 0 Å². The molecule has 4 heteroatoms. The maximum Gasteiger partial charge on any atom is 0.251 e. The lowest BCUT2D eigenvalue weighted by molar-refractivity contribution is 0.0940. The van der Waals surface area contributed by atoms with E-state index in [0.29, 0.717) is 5.56 Å². The summed E-state index contributed by atoms with van der Waals surface area (Å²) in [5.74, 6) is -0.0325. The molecule has 4 nitrogen and oxygen atoms in total. The molecule has 0 spiro atoms. The fourth-order valence-electron chi connectivity index (χ4n) is 4.21. The highest BCUT2D eigenvalue weighted by molar-refractivity contribution is 5.94. The molecule has 0 saturated carbocycles. The van der Waals surface area contributed by atoms with Gasteiger partial charge >= 0.3 is 0 Å². The van der Waals surface area contributed by atoms with Crippen molar-refractivity contribution < 1.29 is 4.79 Å². The quantitative estimate of drug-likeness (QED) is 0.593.